The Balaban J connectivity index is 1.28. The normalized spacial score (nSPS) is 13.9. The van der Waals surface area contributed by atoms with E-state index < -0.39 is 34.5 Å². The van der Waals surface area contributed by atoms with Crippen LogP contribution in [-0.4, -0.2) is 48.7 Å². The first-order chi connectivity index (χ1) is 24.9. The fraction of sp³-hybridized carbons (Fsp3) is 0.243. The maximum absolute atomic E-state index is 13.5. The van der Waals surface area contributed by atoms with Gasteiger partial charge >= 0.3 is 12.1 Å². The molecule has 2 amide bonds. The van der Waals surface area contributed by atoms with Crippen LogP contribution >= 0.6 is 11.6 Å². The fourth-order valence-electron chi connectivity index (χ4n) is 5.75. The summed E-state index contributed by atoms with van der Waals surface area (Å²) in [7, 11) is 0. The quantitative estimate of drug-likeness (QED) is 0.0526. The Morgan fingerprint density at radius 1 is 0.923 bits per heavy atom. The first kappa shape index (κ1) is 38.0. The lowest BCUT2D eigenvalue weighted by molar-refractivity contribution is -0.137. The van der Waals surface area contributed by atoms with E-state index in [1.54, 1.807) is 42.5 Å². The molecule has 0 aliphatic carbocycles. The highest BCUT2D eigenvalue weighted by atomic mass is 35.5. The molecule has 0 spiro atoms. The summed E-state index contributed by atoms with van der Waals surface area (Å²) in [5.41, 5.74) is 7.37. The molecule has 52 heavy (non-hydrogen) atoms. The van der Waals surface area contributed by atoms with Crippen molar-refractivity contribution >= 4 is 47.0 Å². The predicted octanol–water partition coefficient (Wildman–Crippen LogP) is 6.36. The first-order valence-corrected chi connectivity index (χ1v) is 16.8. The van der Waals surface area contributed by atoms with Gasteiger partial charge in [0.25, 0.3) is 11.8 Å². The van der Waals surface area contributed by atoms with E-state index >= 15 is 0 Å². The number of carboxylic acids is 1. The van der Waals surface area contributed by atoms with Crippen LogP contribution in [0.15, 0.2) is 90.0 Å². The number of benzene rings is 4. The lowest BCUT2D eigenvalue weighted by Gasteiger charge is -2.29. The van der Waals surface area contributed by atoms with Crippen molar-refractivity contribution in [2.75, 3.05) is 29.9 Å². The van der Waals surface area contributed by atoms with Crippen molar-refractivity contribution in [3.8, 4) is 0 Å². The summed E-state index contributed by atoms with van der Waals surface area (Å²) < 4.78 is 39.9. The third-order valence-electron chi connectivity index (χ3n) is 8.52. The number of nitrogens with two attached hydrogens (primary N) is 1. The molecule has 4 aromatic carbocycles. The zero-order valence-corrected chi connectivity index (χ0v) is 28.6. The van der Waals surface area contributed by atoms with E-state index in [2.05, 4.69) is 31.5 Å². The highest BCUT2D eigenvalue weighted by molar-refractivity contribution is 6.31. The number of aromatic carboxylic acids is 1. The van der Waals surface area contributed by atoms with Gasteiger partial charge in [0.1, 0.15) is 0 Å². The molecule has 1 heterocycles. The largest absolute Gasteiger partial charge is 0.478 e. The summed E-state index contributed by atoms with van der Waals surface area (Å²) in [4.78, 5) is 40.2. The Labute approximate surface area is 303 Å². The van der Waals surface area contributed by atoms with Gasteiger partial charge in [-0.05, 0) is 90.6 Å². The molecule has 1 fully saturated rings. The van der Waals surface area contributed by atoms with Crippen molar-refractivity contribution in [3.63, 3.8) is 0 Å². The number of piperidine rings is 1. The average Bonchev–Trinajstić information content (AvgIpc) is 3.14. The SMILES string of the molecule is NNC(CNCc1cccc(C(=O)Nc2ccc(N3CCCCC3)cc2C(=O)NN=Cc2ccc(Cl)c(C(F)(F)F)c2)c1)c1ccc(C(=O)O)cc1. The van der Waals surface area contributed by atoms with Gasteiger partial charge in [-0.3, -0.25) is 20.9 Å². The van der Waals surface area contributed by atoms with Crippen molar-refractivity contribution in [2.45, 2.75) is 38.0 Å². The van der Waals surface area contributed by atoms with Crippen LogP contribution in [0, 0.1) is 0 Å². The third-order valence-corrected chi connectivity index (χ3v) is 8.85. The summed E-state index contributed by atoms with van der Waals surface area (Å²) in [5, 5.41) is 18.7. The summed E-state index contributed by atoms with van der Waals surface area (Å²) >= 11 is 5.71. The van der Waals surface area contributed by atoms with Gasteiger partial charge in [-0.25, -0.2) is 10.2 Å². The average molecular weight is 736 g/mol. The van der Waals surface area contributed by atoms with E-state index in [-0.39, 0.29) is 28.4 Å². The molecule has 1 atom stereocenters. The summed E-state index contributed by atoms with van der Waals surface area (Å²) in [6, 6.07) is 21.4. The van der Waals surface area contributed by atoms with Gasteiger partial charge in [-0.15, -0.1) is 0 Å². The number of alkyl halides is 3. The second-order valence-corrected chi connectivity index (χ2v) is 12.6. The molecule has 4 aromatic rings. The van der Waals surface area contributed by atoms with Gasteiger partial charge in [-0.1, -0.05) is 41.9 Å². The molecule has 11 nitrogen and oxygen atoms in total. The smallest absolute Gasteiger partial charge is 0.417 e. The number of carboxylic acid groups (broad SMARTS) is 1. The third kappa shape index (κ3) is 9.94. The van der Waals surface area contributed by atoms with Crippen molar-refractivity contribution in [3.05, 3.63) is 129 Å². The summed E-state index contributed by atoms with van der Waals surface area (Å²) in [6.45, 7) is 2.41. The van der Waals surface area contributed by atoms with Crippen molar-refractivity contribution in [1.29, 1.82) is 0 Å². The van der Waals surface area contributed by atoms with Gasteiger partial charge in [0.2, 0.25) is 0 Å². The number of halogens is 4. The molecule has 0 aromatic heterocycles. The van der Waals surface area contributed by atoms with Gasteiger partial charge in [0, 0.05) is 37.4 Å². The van der Waals surface area contributed by atoms with Crippen LogP contribution in [0.2, 0.25) is 5.02 Å². The number of carbonyl (C=O) groups excluding carboxylic acids is 2. The van der Waals surface area contributed by atoms with Crippen LogP contribution in [0.5, 0.6) is 0 Å². The number of hydrazone groups is 1. The van der Waals surface area contributed by atoms with E-state index in [1.165, 1.54) is 18.2 Å². The number of hydrogen-bond acceptors (Lipinski definition) is 8. The molecule has 15 heteroatoms. The molecule has 0 bridgehead atoms. The van der Waals surface area contributed by atoms with E-state index in [9.17, 15) is 27.6 Å². The van der Waals surface area contributed by atoms with Gasteiger partial charge in [-0.2, -0.15) is 18.3 Å². The van der Waals surface area contributed by atoms with Crippen LogP contribution in [0.25, 0.3) is 0 Å². The minimum atomic E-state index is -4.66. The Morgan fingerprint density at radius 3 is 2.37 bits per heavy atom. The van der Waals surface area contributed by atoms with Gasteiger partial charge < -0.3 is 20.6 Å². The fourth-order valence-corrected chi connectivity index (χ4v) is 5.98. The maximum Gasteiger partial charge on any atom is 0.417 e. The number of nitrogens with zero attached hydrogens (tertiary/aromatic N) is 2. The molecule has 5 rings (SSSR count). The molecule has 1 unspecified atom stereocenters. The first-order valence-electron chi connectivity index (χ1n) is 16.4. The Bertz CT molecular complexity index is 1930. The lowest BCUT2D eigenvalue weighted by Crippen LogP contribution is -2.35. The van der Waals surface area contributed by atoms with E-state index in [0.29, 0.717) is 18.7 Å². The van der Waals surface area contributed by atoms with Crippen molar-refractivity contribution in [1.82, 2.24) is 16.2 Å². The number of anilines is 2. The molecule has 1 saturated heterocycles. The van der Waals surface area contributed by atoms with Crippen LogP contribution in [0.3, 0.4) is 0 Å². The highest BCUT2D eigenvalue weighted by Gasteiger charge is 2.33. The topological polar surface area (TPSA) is 161 Å². The predicted molar refractivity (Wildman–Crippen MR) is 194 cm³/mol. The van der Waals surface area contributed by atoms with E-state index in [4.69, 9.17) is 22.6 Å². The van der Waals surface area contributed by atoms with Crippen LogP contribution < -0.4 is 32.2 Å². The number of nitrogens with one attached hydrogen (secondary N) is 4. The minimum Gasteiger partial charge on any atom is -0.478 e. The molecule has 1 aliphatic rings. The molecule has 7 N–H and O–H groups in total. The molecule has 1 aliphatic heterocycles. The highest BCUT2D eigenvalue weighted by Crippen LogP contribution is 2.35. The monoisotopic (exact) mass is 735 g/mol. The molecular formula is C37H37ClF3N7O4. The Morgan fingerprint density at radius 2 is 1.67 bits per heavy atom. The molecular weight excluding hydrogens is 699 g/mol. The van der Waals surface area contributed by atoms with Gasteiger partial charge in [0.05, 0.1) is 39.7 Å². The summed E-state index contributed by atoms with van der Waals surface area (Å²) in [5.74, 6) is 3.58. The lowest BCUT2D eigenvalue weighted by atomic mass is 10.0. The summed E-state index contributed by atoms with van der Waals surface area (Å²) in [6.07, 6.45) is -0.475. The number of hydrogen-bond donors (Lipinski definition) is 6. The standard InChI is InChI=1S/C37H37ClF3N7O4/c38-31-13-7-24(18-30(31)37(39,40)41)21-44-47-35(50)29-19-28(48-15-2-1-3-16-48)12-14-32(29)45-34(49)27-6-4-5-23(17-27)20-43-22-33(46-42)25-8-10-26(11-9-25)36(51)52/h4-14,17-19,21,33,43,46H,1-3,15-16,20,22,42H2,(H,45,49)(H,47,50)(H,51,52). The van der Waals surface area contributed by atoms with E-state index in [0.717, 1.165) is 67.5 Å². The minimum absolute atomic E-state index is 0.0752. The van der Waals surface area contributed by atoms with Crippen molar-refractivity contribution < 1.29 is 32.7 Å². The molecule has 0 saturated carbocycles. The molecule has 272 valence electrons. The van der Waals surface area contributed by atoms with Crippen LogP contribution in [0.4, 0.5) is 24.5 Å². The molecule has 0 radical (unpaired) electrons. The number of amides is 2. The zero-order chi connectivity index (χ0) is 37.3. The van der Waals surface area contributed by atoms with Crippen molar-refractivity contribution in [2.24, 2.45) is 10.9 Å². The second-order valence-electron chi connectivity index (χ2n) is 12.1. The van der Waals surface area contributed by atoms with Crippen LogP contribution in [-0.2, 0) is 12.7 Å². The zero-order valence-electron chi connectivity index (χ0n) is 27.8. The number of rotatable bonds is 13. The number of hydrazine groups is 1. The second kappa shape index (κ2) is 17.3. The Kier molecular flexibility index (Phi) is 12.6. The number of carbonyl (C=O) groups is 3. The maximum atomic E-state index is 13.5. The Hall–Kier alpha value is -5.28. The van der Waals surface area contributed by atoms with Gasteiger partial charge in [0.15, 0.2) is 0 Å². The van der Waals surface area contributed by atoms with E-state index in [1.807, 2.05) is 12.1 Å². The van der Waals surface area contributed by atoms with Crippen LogP contribution in [0.1, 0.15) is 78.6 Å².